The van der Waals surface area contributed by atoms with Crippen LogP contribution in [0.2, 0.25) is 0 Å². The number of carbonyl (C=O) groups excluding carboxylic acids is 1. The predicted octanol–water partition coefficient (Wildman–Crippen LogP) is 3.35. The first-order valence-corrected chi connectivity index (χ1v) is 9.57. The van der Waals surface area contributed by atoms with Gasteiger partial charge in [0.15, 0.2) is 0 Å². The molecule has 0 saturated carbocycles. The van der Waals surface area contributed by atoms with Crippen LogP contribution < -0.4 is 16.4 Å². The van der Waals surface area contributed by atoms with Crippen LogP contribution in [-0.4, -0.2) is 15.5 Å². The maximum absolute atomic E-state index is 12.7. The standard InChI is InChI=1S/C20H20BrN3O3/c1-3-15(12-5-8-14(21)9-6-12)22-18(25)13-7-10-17-16(11-13)23-19(26)20(27)24(17)4-2/h5-11,15H,3-4H2,1-2H3,(H,22,25)(H,23,26). The Labute approximate surface area is 164 Å². The zero-order chi connectivity index (χ0) is 19.6. The second kappa shape index (κ2) is 7.92. The number of aromatic nitrogens is 2. The Kier molecular flexibility index (Phi) is 5.60. The first-order valence-electron chi connectivity index (χ1n) is 8.77. The number of halogens is 1. The molecule has 7 heteroatoms. The lowest BCUT2D eigenvalue weighted by Gasteiger charge is -2.18. The van der Waals surface area contributed by atoms with Crippen LogP contribution in [0.4, 0.5) is 0 Å². The van der Waals surface area contributed by atoms with E-state index in [9.17, 15) is 14.4 Å². The highest BCUT2D eigenvalue weighted by Crippen LogP contribution is 2.20. The predicted molar refractivity (Wildman–Crippen MR) is 109 cm³/mol. The molecule has 1 unspecified atom stereocenters. The zero-order valence-electron chi connectivity index (χ0n) is 15.1. The second-order valence-electron chi connectivity index (χ2n) is 6.22. The maximum Gasteiger partial charge on any atom is 0.316 e. The Morgan fingerprint density at radius 3 is 2.48 bits per heavy atom. The number of hydrogen-bond donors (Lipinski definition) is 2. The largest absolute Gasteiger partial charge is 0.345 e. The average Bonchev–Trinajstić information content (AvgIpc) is 2.67. The molecule has 3 rings (SSSR count). The first-order chi connectivity index (χ1) is 12.9. The van der Waals surface area contributed by atoms with E-state index in [0.29, 0.717) is 23.1 Å². The summed E-state index contributed by atoms with van der Waals surface area (Å²) >= 11 is 3.41. The van der Waals surface area contributed by atoms with Crippen molar-refractivity contribution in [3.05, 3.63) is 78.8 Å². The Morgan fingerprint density at radius 2 is 1.85 bits per heavy atom. The fourth-order valence-electron chi connectivity index (χ4n) is 3.09. The summed E-state index contributed by atoms with van der Waals surface area (Å²) in [6, 6.07) is 12.6. The fraction of sp³-hybridized carbons (Fsp3) is 0.250. The lowest BCUT2D eigenvalue weighted by atomic mass is 10.0. The van der Waals surface area contributed by atoms with E-state index >= 15 is 0 Å². The van der Waals surface area contributed by atoms with Crippen molar-refractivity contribution in [3.63, 3.8) is 0 Å². The summed E-state index contributed by atoms with van der Waals surface area (Å²) in [4.78, 5) is 39.1. The van der Waals surface area contributed by atoms with Crippen molar-refractivity contribution >= 4 is 32.9 Å². The number of amides is 1. The first kappa shape index (κ1) is 19.1. The highest BCUT2D eigenvalue weighted by molar-refractivity contribution is 9.10. The van der Waals surface area contributed by atoms with Gasteiger partial charge in [-0.25, -0.2) is 0 Å². The number of aryl methyl sites for hydroxylation is 1. The molecule has 0 spiro atoms. The molecular weight excluding hydrogens is 410 g/mol. The Bertz CT molecular complexity index is 1100. The number of nitrogens with one attached hydrogen (secondary N) is 2. The van der Waals surface area contributed by atoms with Gasteiger partial charge in [0.05, 0.1) is 17.1 Å². The van der Waals surface area contributed by atoms with Gasteiger partial charge in [0.1, 0.15) is 0 Å². The highest BCUT2D eigenvalue weighted by atomic mass is 79.9. The molecule has 0 aliphatic carbocycles. The van der Waals surface area contributed by atoms with Gasteiger partial charge in [-0.3, -0.25) is 14.4 Å². The van der Waals surface area contributed by atoms with Crippen LogP contribution in [0.25, 0.3) is 11.0 Å². The molecule has 0 fully saturated rings. The van der Waals surface area contributed by atoms with Gasteiger partial charge >= 0.3 is 11.1 Å². The van der Waals surface area contributed by atoms with E-state index in [1.165, 1.54) is 4.57 Å². The number of fused-ring (bicyclic) bond motifs is 1. The van der Waals surface area contributed by atoms with Gasteiger partial charge in [0.2, 0.25) is 0 Å². The lowest BCUT2D eigenvalue weighted by Crippen LogP contribution is -2.36. The van der Waals surface area contributed by atoms with E-state index in [2.05, 4.69) is 26.2 Å². The summed E-state index contributed by atoms with van der Waals surface area (Å²) in [5.41, 5.74) is 1.22. The van der Waals surface area contributed by atoms with Crippen molar-refractivity contribution in [3.8, 4) is 0 Å². The van der Waals surface area contributed by atoms with Crippen LogP contribution >= 0.6 is 15.9 Å². The summed E-state index contributed by atoms with van der Waals surface area (Å²) in [7, 11) is 0. The molecule has 0 saturated heterocycles. The van der Waals surface area contributed by atoms with Crippen molar-refractivity contribution < 1.29 is 4.79 Å². The molecule has 2 aromatic carbocycles. The molecule has 0 aliphatic rings. The number of carbonyl (C=O) groups is 1. The molecule has 3 aromatic rings. The molecule has 1 heterocycles. The smallest absolute Gasteiger partial charge is 0.316 e. The van der Waals surface area contributed by atoms with Crippen LogP contribution in [0, 0.1) is 0 Å². The van der Waals surface area contributed by atoms with Crippen molar-refractivity contribution in [1.29, 1.82) is 0 Å². The van der Waals surface area contributed by atoms with Crippen molar-refractivity contribution in [1.82, 2.24) is 14.9 Å². The number of aromatic amines is 1. The molecule has 27 heavy (non-hydrogen) atoms. The van der Waals surface area contributed by atoms with E-state index in [4.69, 9.17) is 0 Å². The third-order valence-corrected chi connectivity index (χ3v) is 5.07. The lowest BCUT2D eigenvalue weighted by molar-refractivity contribution is 0.0935. The third kappa shape index (κ3) is 3.88. The summed E-state index contributed by atoms with van der Waals surface area (Å²) in [6.07, 6.45) is 0.743. The fourth-order valence-corrected chi connectivity index (χ4v) is 3.36. The summed E-state index contributed by atoms with van der Waals surface area (Å²) in [5, 5.41) is 3.02. The average molecular weight is 430 g/mol. The Balaban J connectivity index is 1.93. The van der Waals surface area contributed by atoms with Gasteiger partial charge in [-0.15, -0.1) is 0 Å². The molecule has 1 amide bonds. The number of hydrogen-bond acceptors (Lipinski definition) is 3. The molecule has 2 N–H and O–H groups in total. The minimum absolute atomic E-state index is 0.120. The Hall–Kier alpha value is -2.67. The van der Waals surface area contributed by atoms with E-state index in [1.54, 1.807) is 25.1 Å². The van der Waals surface area contributed by atoms with E-state index in [-0.39, 0.29) is 11.9 Å². The molecule has 1 aromatic heterocycles. The van der Waals surface area contributed by atoms with Crippen LogP contribution in [0.5, 0.6) is 0 Å². The maximum atomic E-state index is 12.7. The number of H-pyrrole nitrogens is 1. The zero-order valence-corrected chi connectivity index (χ0v) is 16.7. The normalized spacial score (nSPS) is 12.1. The molecule has 0 radical (unpaired) electrons. The van der Waals surface area contributed by atoms with Crippen LogP contribution in [-0.2, 0) is 6.54 Å². The van der Waals surface area contributed by atoms with Crippen LogP contribution in [0.15, 0.2) is 56.5 Å². The van der Waals surface area contributed by atoms with Gasteiger partial charge in [0, 0.05) is 16.6 Å². The van der Waals surface area contributed by atoms with E-state index < -0.39 is 11.1 Å². The van der Waals surface area contributed by atoms with Gasteiger partial charge < -0.3 is 14.9 Å². The molecule has 0 bridgehead atoms. The molecular formula is C20H20BrN3O3. The molecule has 0 aliphatic heterocycles. The molecule has 140 valence electrons. The topological polar surface area (TPSA) is 84.0 Å². The van der Waals surface area contributed by atoms with Gasteiger partial charge in [-0.2, -0.15) is 0 Å². The number of rotatable bonds is 5. The minimum Gasteiger partial charge on any atom is -0.345 e. The second-order valence-corrected chi connectivity index (χ2v) is 7.14. The number of benzene rings is 2. The highest BCUT2D eigenvalue weighted by Gasteiger charge is 2.15. The van der Waals surface area contributed by atoms with Gasteiger partial charge in [0.25, 0.3) is 5.91 Å². The summed E-state index contributed by atoms with van der Waals surface area (Å²) in [6.45, 7) is 4.18. The summed E-state index contributed by atoms with van der Waals surface area (Å²) in [5.74, 6) is -0.234. The van der Waals surface area contributed by atoms with Crippen LogP contribution in [0.1, 0.15) is 42.2 Å². The van der Waals surface area contributed by atoms with E-state index in [1.807, 2.05) is 31.2 Å². The van der Waals surface area contributed by atoms with Gasteiger partial charge in [-0.1, -0.05) is 35.0 Å². The van der Waals surface area contributed by atoms with Crippen molar-refractivity contribution in [2.45, 2.75) is 32.9 Å². The molecule has 1 atom stereocenters. The van der Waals surface area contributed by atoms with Gasteiger partial charge in [-0.05, 0) is 49.2 Å². The number of nitrogens with zero attached hydrogens (tertiary/aromatic N) is 1. The third-order valence-electron chi connectivity index (χ3n) is 4.54. The van der Waals surface area contributed by atoms with Crippen molar-refractivity contribution in [2.75, 3.05) is 0 Å². The minimum atomic E-state index is -0.691. The quantitative estimate of drug-likeness (QED) is 0.609. The Morgan fingerprint density at radius 1 is 1.15 bits per heavy atom. The van der Waals surface area contributed by atoms with Crippen molar-refractivity contribution in [2.24, 2.45) is 0 Å². The monoisotopic (exact) mass is 429 g/mol. The van der Waals surface area contributed by atoms with E-state index in [0.717, 1.165) is 16.5 Å². The summed E-state index contributed by atoms with van der Waals surface area (Å²) < 4.78 is 2.37. The molecule has 6 nitrogen and oxygen atoms in total. The van der Waals surface area contributed by atoms with Crippen LogP contribution in [0.3, 0.4) is 0 Å². The SMILES string of the molecule is CCC(NC(=O)c1ccc2c(c1)[nH]c(=O)c(=O)n2CC)c1ccc(Br)cc1.